The molecule has 2 nitrogen and oxygen atoms in total. The fourth-order valence-electron chi connectivity index (χ4n) is 2.04. The third-order valence-electron chi connectivity index (χ3n) is 3.19. The van der Waals surface area contributed by atoms with Gasteiger partial charge in [0.2, 0.25) is 0 Å². The zero-order valence-electron chi connectivity index (χ0n) is 11.4. The van der Waals surface area contributed by atoms with Gasteiger partial charge in [0.1, 0.15) is 17.5 Å². The standard InChI is InChI=1S/C14H15F3N2S/c1-7-8(2)20-13(19-7)6-12(18-3)14-10(16)4-9(15)5-11(14)17/h4-5,12,18H,6H2,1-3H3. The highest BCUT2D eigenvalue weighted by Crippen LogP contribution is 2.27. The first-order valence-electron chi connectivity index (χ1n) is 6.17. The smallest absolute Gasteiger partial charge is 0.133 e. The lowest BCUT2D eigenvalue weighted by atomic mass is 10.0. The number of benzene rings is 1. The molecule has 1 aromatic heterocycles. The average molecular weight is 300 g/mol. The minimum Gasteiger partial charge on any atom is -0.312 e. The summed E-state index contributed by atoms with van der Waals surface area (Å²) < 4.78 is 40.5. The maximum atomic E-state index is 13.8. The van der Waals surface area contributed by atoms with E-state index in [-0.39, 0.29) is 5.56 Å². The Balaban J connectivity index is 2.33. The van der Waals surface area contributed by atoms with Crippen LogP contribution in [0.2, 0.25) is 0 Å². The molecule has 0 radical (unpaired) electrons. The first-order chi connectivity index (χ1) is 9.42. The van der Waals surface area contributed by atoms with Crippen LogP contribution in [0.1, 0.15) is 27.2 Å². The molecular weight excluding hydrogens is 285 g/mol. The lowest BCUT2D eigenvalue weighted by Gasteiger charge is -2.17. The summed E-state index contributed by atoms with van der Waals surface area (Å²) in [5, 5.41) is 3.65. The van der Waals surface area contributed by atoms with Gasteiger partial charge in [-0.2, -0.15) is 0 Å². The molecule has 1 atom stereocenters. The molecule has 1 N–H and O–H groups in total. The van der Waals surface area contributed by atoms with Crippen molar-refractivity contribution in [3.05, 3.63) is 50.7 Å². The van der Waals surface area contributed by atoms with Crippen LogP contribution in [-0.4, -0.2) is 12.0 Å². The second kappa shape index (κ2) is 5.93. The number of hydrogen-bond donors (Lipinski definition) is 1. The Bertz CT molecular complexity index is 582. The van der Waals surface area contributed by atoms with Crippen molar-refractivity contribution in [2.45, 2.75) is 26.3 Å². The predicted octanol–water partition coefficient (Wildman–Crippen LogP) is 3.68. The molecule has 0 saturated heterocycles. The van der Waals surface area contributed by atoms with Crippen molar-refractivity contribution >= 4 is 11.3 Å². The molecule has 0 aliphatic carbocycles. The third-order valence-corrected chi connectivity index (χ3v) is 4.29. The second-order valence-corrected chi connectivity index (χ2v) is 5.87. The van der Waals surface area contributed by atoms with Crippen molar-refractivity contribution in [1.82, 2.24) is 10.3 Å². The third kappa shape index (κ3) is 3.02. The zero-order chi connectivity index (χ0) is 14.9. The largest absolute Gasteiger partial charge is 0.312 e. The highest BCUT2D eigenvalue weighted by atomic mass is 32.1. The Labute approximate surface area is 119 Å². The van der Waals surface area contributed by atoms with Gasteiger partial charge in [0.15, 0.2) is 0 Å². The van der Waals surface area contributed by atoms with Gasteiger partial charge in [0, 0.05) is 35.0 Å². The van der Waals surface area contributed by atoms with Crippen LogP contribution in [0, 0.1) is 31.3 Å². The van der Waals surface area contributed by atoms with Crippen molar-refractivity contribution < 1.29 is 13.2 Å². The number of thiazole rings is 1. The zero-order valence-corrected chi connectivity index (χ0v) is 12.2. The van der Waals surface area contributed by atoms with Gasteiger partial charge in [-0.1, -0.05) is 0 Å². The SMILES string of the molecule is CNC(Cc1nc(C)c(C)s1)c1c(F)cc(F)cc1F. The summed E-state index contributed by atoms with van der Waals surface area (Å²) in [7, 11) is 1.61. The summed E-state index contributed by atoms with van der Waals surface area (Å²) in [6.07, 6.45) is 0.356. The Hall–Kier alpha value is -1.40. The summed E-state index contributed by atoms with van der Waals surface area (Å²) in [6, 6.07) is 0.808. The number of nitrogens with zero attached hydrogens (tertiary/aromatic N) is 1. The monoisotopic (exact) mass is 300 g/mol. The second-order valence-electron chi connectivity index (χ2n) is 4.58. The number of nitrogens with one attached hydrogen (secondary N) is 1. The molecule has 0 fully saturated rings. The maximum Gasteiger partial charge on any atom is 0.133 e. The number of rotatable bonds is 4. The Morgan fingerprint density at radius 1 is 1.20 bits per heavy atom. The van der Waals surface area contributed by atoms with Crippen LogP contribution in [0.25, 0.3) is 0 Å². The minimum absolute atomic E-state index is 0.153. The Morgan fingerprint density at radius 3 is 2.25 bits per heavy atom. The maximum absolute atomic E-state index is 13.8. The normalized spacial score (nSPS) is 12.7. The van der Waals surface area contributed by atoms with Crippen molar-refractivity contribution in [2.24, 2.45) is 0 Å². The van der Waals surface area contributed by atoms with Crippen molar-refractivity contribution in [1.29, 1.82) is 0 Å². The first-order valence-corrected chi connectivity index (χ1v) is 6.98. The Kier molecular flexibility index (Phi) is 4.45. The van der Waals surface area contributed by atoms with Gasteiger partial charge in [-0.25, -0.2) is 18.2 Å². The van der Waals surface area contributed by atoms with Gasteiger partial charge in [-0.3, -0.25) is 0 Å². The van der Waals surface area contributed by atoms with E-state index in [0.717, 1.165) is 15.6 Å². The molecule has 1 unspecified atom stereocenters. The van der Waals surface area contributed by atoms with Gasteiger partial charge in [-0.15, -0.1) is 11.3 Å². The molecule has 0 aliphatic rings. The van der Waals surface area contributed by atoms with Crippen LogP contribution in [-0.2, 0) is 6.42 Å². The lowest BCUT2D eigenvalue weighted by molar-refractivity contribution is 0.474. The van der Waals surface area contributed by atoms with Crippen LogP contribution in [0.15, 0.2) is 12.1 Å². The summed E-state index contributed by atoms with van der Waals surface area (Å²) in [6.45, 7) is 3.84. The van der Waals surface area contributed by atoms with Crippen LogP contribution in [0.3, 0.4) is 0 Å². The van der Waals surface area contributed by atoms with Crippen molar-refractivity contribution in [3.63, 3.8) is 0 Å². The summed E-state index contributed by atoms with van der Waals surface area (Å²) in [5.74, 6) is -2.68. The summed E-state index contributed by atoms with van der Waals surface area (Å²) in [4.78, 5) is 5.44. The van der Waals surface area contributed by atoms with E-state index < -0.39 is 23.5 Å². The fourth-order valence-corrected chi connectivity index (χ4v) is 3.02. The molecule has 1 aromatic carbocycles. The van der Waals surface area contributed by atoms with E-state index in [2.05, 4.69) is 10.3 Å². The molecule has 0 bridgehead atoms. The topological polar surface area (TPSA) is 24.9 Å². The quantitative estimate of drug-likeness (QED) is 0.931. The van der Waals surface area contributed by atoms with Gasteiger partial charge in [0.05, 0.1) is 10.7 Å². The fraction of sp³-hybridized carbons (Fsp3) is 0.357. The molecule has 2 aromatic rings. The number of hydrogen-bond acceptors (Lipinski definition) is 3. The van der Waals surface area contributed by atoms with Crippen molar-refractivity contribution in [2.75, 3.05) is 7.05 Å². The van der Waals surface area contributed by atoms with Gasteiger partial charge in [-0.05, 0) is 20.9 Å². The van der Waals surface area contributed by atoms with Crippen LogP contribution in [0.5, 0.6) is 0 Å². The van der Waals surface area contributed by atoms with Gasteiger partial charge < -0.3 is 5.32 Å². The number of aromatic nitrogens is 1. The molecule has 108 valence electrons. The molecular formula is C14H15F3N2S. The molecule has 6 heteroatoms. The van der Waals surface area contributed by atoms with E-state index in [9.17, 15) is 13.2 Å². The lowest BCUT2D eigenvalue weighted by Crippen LogP contribution is -2.21. The first kappa shape index (κ1) is 15.0. The van der Waals surface area contributed by atoms with Crippen LogP contribution in [0.4, 0.5) is 13.2 Å². The number of aryl methyl sites for hydroxylation is 2. The van der Waals surface area contributed by atoms with Crippen LogP contribution >= 0.6 is 11.3 Å². The molecule has 0 amide bonds. The van der Waals surface area contributed by atoms with E-state index in [0.29, 0.717) is 18.6 Å². The molecule has 1 heterocycles. The molecule has 20 heavy (non-hydrogen) atoms. The highest BCUT2D eigenvalue weighted by molar-refractivity contribution is 7.11. The van der Waals surface area contributed by atoms with E-state index >= 15 is 0 Å². The van der Waals surface area contributed by atoms with E-state index in [1.807, 2.05) is 13.8 Å². The summed E-state index contributed by atoms with van der Waals surface area (Å²) >= 11 is 1.50. The highest BCUT2D eigenvalue weighted by Gasteiger charge is 2.22. The van der Waals surface area contributed by atoms with Gasteiger partial charge in [0.25, 0.3) is 0 Å². The molecule has 0 aliphatic heterocycles. The predicted molar refractivity (Wildman–Crippen MR) is 73.4 cm³/mol. The number of likely N-dealkylation sites (N-methyl/N-ethyl adjacent to an activating group) is 1. The van der Waals surface area contributed by atoms with E-state index in [1.165, 1.54) is 11.3 Å². The summed E-state index contributed by atoms with van der Waals surface area (Å²) in [5.41, 5.74) is 0.763. The van der Waals surface area contributed by atoms with E-state index in [1.54, 1.807) is 7.05 Å². The van der Waals surface area contributed by atoms with E-state index in [4.69, 9.17) is 0 Å². The Morgan fingerprint density at radius 2 is 1.80 bits per heavy atom. The average Bonchev–Trinajstić information content (AvgIpc) is 2.65. The number of halogens is 3. The molecule has 0 spiro atoms. The van der Waals surface area contributed by atoms with Crippen molar-refractivity contribution in [3.8, 4) is 0 Å². The molecule has 2 rings (SSSR count). The van der Waals surface area contributed by atoms with Gasteiger partial charge >= 0.3 is 0 Å². The van der Waals surface area contributed by atoms with Crippen LogP contribution < -0.4 is 5.32 Å². The minimum atomic E-state index is -0.917. The molecule has 0 saturated carbocycles.